The topological polar surface area (TPSA) is 62.1 Å². The average Bonchev–Trinajstić information content (AvgIpc) is 3.25. The number of aromatic nitrogens is 4. The van der Waals surface area contributed by atoms with E-state index in [4.69, 9.17) is 0 Å². The lowest BCUT2D eigenvalue weighted by molar-refractivity contribution is 0.271. The second-order valence-corrected chi connectivity index (χ2v) is 7.59. The number of aryl methyl sites for hydroxylation is 1. The normalized spacial score (nSPS) is 14.8. The molecule has 4 rings (SSSR count). The summed E-state index contributed by atoms with van der Waals surface area (Å²) in [4.78, 5) is 12.8. The van der Waals surface area contributed by atoms with Crippen molar-refractivity contribution in [1.29, 1.82) is 0 Å². The van der Waals surface area contributed by atoms with Crippen LogP contribution in [0.25, 0.3) is 11.3 Å². The van der Waals surface area contributed by atoms with E-state index in [1.165, 1.54) is 6.07 Å². The van der Waals surface area contributed by atoms with Crippen molar-refractivity contribution < 1.29 is 8.78 Å². The van der Waals surface area contributed by atoms with E-state index in [0.29, 0.717) is 5.56 Å². The highest BCUT2D eigenvalue weighted by Crippen LogP contribution is 2.26. The van der Waals surface area contributed by atoms with Crippen molar-refractivity contribution in [3.05, 3.63) is 48.4 Å². The summed E-state index contributed by atoms with van der Waals surface area (Å²) < 4.78 is 30.8. The first kappa shape index (κ1) is 21.2. The zero-order valence-corrected chi connectivity index (χ0v) is 17.9. The molecule has 1 aliphatic heterocycles. The molecular weight excluding hydrogens is 400 g/mol. The number of likely N-dealkylation sites (N-methyl/N-ethyl adjacent to an activating group) is 1. The first-order valence-corrected chi connectivity index (χ1v) is 10.7. The summed E-state index contributed by atoms with van der Waals surface area (Å²) in [6, 6.07) is 5.07. The van der Waals surface area contributed by atoms with Gasteiger partial charge in [-0.15, -0.1) is 0 Å². The van der Waals surface area contributed by atoms with Crippen molar-refractivity contribution in [2.45, 2.75) is 26.8 Å². The van der Waals surface area contributed by atoms with Crippen LogP contribution in [0.5, 0.6) is 0 Å². The SMILES string of the molecule is CCCn1cc(-c2nc(Nc3ccc(N4CCN(CC)CC4)cc3F)ncc2F)cn1. The number of piperazine rings is 1. The van der Waals surface area contributed by atoms with E-state index in [0.717, 1.165) is 57.6 Å². The number of halogens is 2. The van der Waals surface area contributed by atoms with Crippen molar-refractivity contribution in [2.24, 2.45) is 0 Å². The van der Waals surface area contributed by atoms with Gasteiger partial charge in [0.25, 0.3) is 0 Å². The van der Waals surface area contributed by atoms with Crippen molar-refractivity contribution in [1.82, 2.24) is 24.6 Å². The molecule has 0 spiro atoms. The van der Waals surface area contributed by atoms with Gasteiger partial charge < -0.3 is 15.1 Å². The molecule has 0 amide bonds. The molecular formula is C22H27F2N7. The monoisotopic (exact) mass is 427 g/mol. The van der Waals surface area contributed by atoms with Gasteiger partial charge in [0, 0.05) is 50.2 Å². The van der Waals surface area contributed by atoms with E-state index in [-0.39, 0.29) is 17.3 Å². The molecule has 3 aromatic rings. The maximum atomic E-state index is 14.8. The lowest BCUT2D eigenvalue weighted by Crippen LogP contribution is -2.46. The Morgan fingerprint density at radius 2 is 1.84 bits per heavy atom. The van der Waals surface area contributed by atoms with Crippen LogP contribution >= 0.6 is 0 Å². The van der Waals surface area contributed by atoms with Gasteiger partial charge in [0.15, 0.2) is 5.82 Å². The highest BCUT2D eigenvalue weighted by molar-refractivity contribution is 5.63. The number of anilines is 3. The first-order valence-electron chi connectivity index (χ1n) is 10.7. The Labute approximate surface area is 180 Å². The molecule has 0 saturated carbocycles. The molecule has 1 saturated heterocycles. The molecule has 164 valence electrons. The lowest BCUT2D eigenvalue weighted by Gasteiger charge is -2.35. The highest BCUT2D eigenvalue weighted by Gasteiger charge is 2.18. The van der Waals surface area contributed by atoms with Gasteiger partial charge in [-0.3, -0.25) is 4.68 Å². The van der Waals surface area contributed by atoms with Crippen LogP contribution in [0.1, 0.15) is 20.3 Å². The first-order chi connectivity index (χ1) is 15.1. The van der Waals surface area contributed by atoms with E-state index in [2.05, 4.69) is 37.1 Å². The van der Waals surface area contributed by atoms with Crippen molar-refractivity contribution in [2.75, 3.05) is 42.9 Å². The zero-order valence-electron chi connectivity index (χ0n) is 17.9. The van der Waals surface area contributed by atoms with Gasteiger partial charge in [-0.05, 0) is 31.2 Å². The van der Waals surface area contributed by atoms with Crippen LogP contribution in [0, 0.1) is 11.6 Å². The Hall–Kier alpha value is -3.07. The molecule has 0 atom stereocenters. The Bertz CT molecular complexity index is 1030. The third-order valence-electron chi connectivity index (χ3n) is 5.49. The van der Waals surface area contributed by atoms with E-state index < -0.39 is 11.6 Å². The summed E-state index contributed by atoms with van der Waals surface area (Å²) in [5.74, 6) is -0.827. The number of nitrogens with one attached hydrogen (secondary N) is 1. The second kappa shape index (κ2) is 9.38. The van der Waals surface area contributed by atoms with Gasteiger partial charge in [0.05, 0.1) is 18.1 Å². The number of benzene rings is 1. The Morgan fingerprint density at radius 1 is 1.03 bits per heavy atom. The fourth-order valence-electron chi connectivity index (χ4n) is 3.71. The number of rotatable bonds is 7. The van der Waals surface area contributed by atoms with Crippen LogP contribution in [0.2, 0.25) is 0 Å². The molecule has 7 nitrogen and oxygen atoms in total. The Balaban J connectivity index is 1.50. The van der Waals surface area contributed by atoms with Gasteiger partial charge >= 0.3 is 0 Å². The van der Waals surface area contributed by atoms with Crippen LogP contribution in [0.4, 0.5) is 26.1 Å². The summed E-state index contributed by atoms with van der Waals surface area (Å²) in [6.07, 6.45) is 5.32. The minimum atomic E-state index is -0.552. The van der Waals surface area contributed by atoms with Crippen molar-refractivity contribution in [3.8, 4) is 11.3 Å². The average molecular weight is 428 g/mol. The number of nitrogens with zero attached hydrogens (tertiary/aromatic N) is 6. The summed E-state index contributed by atoms with van der Waals surface area (Å²) in [5.41, 5.74) is 1.78. The largest absolute Gasteiger partial charge is 0.369 e. The van der Waals surface area contributed by atoms with Crippen LogP contribution in [0.3, 0.4) is 0 Å². The maximum Gasteiger partial charge on any atom is 0.228 e. The minimum Gasteiger partial charge on any atom is -0.369 e. The lowest BCUT2D eigenvalue weighted by atomic mass is 10.2. The fraction of sp³-hybridized carbons (Fsp3) is 0.409. The predicted molar refractivity (Wildman–Crippen MR) is 118 cm³/mol. The molecule has 31 heavy (non-hydrogen) atoms. The van der Waals surface area contributed by atoms with Crippen molar-refractivity contribution in [3.63, 3.8) is 0 Å². The highest BCUT2D eigenvalue weighted by atomic mass is 19.1. The third-order valence-corrected chi connectivity index (χ3v) is 5.49. The van der Waals surface area contributed by atoms with Gasteiger partial charge in [-0.1, -0.05) is 13.8 Å². The summed E-state index contributed by atoms with van der Waals surface area (Å²) >= 11 is 0. The van der Waals surface area contributed by atoms with E-state index in [9.17, 15) is 8.78 Å². The Morgan fingerprint density at radius 3 is 2.55 bits per heavy atom. The number of hydrogen-bond acceptors (Lipinski definition) is 6. The van der Waals surface area contributed by atoms with Crippen LogP contribution < -0.4 is 10.2 Å². The van der Waals surface area contributed by atoms with Crippen LogP contribution in [0.15, 0.2) is 36.8 Å². The third kappa shape index (κ3) is 4.82. The quantitative estimate of drug-likeness (QED) is 0.617. The fourth-order valence-corrected chi connectivity index (χ4v) is 3.71. The van der Waals surface area contributed by atoms with E-state index >= 15 is 0 Å². The summed E-state index contributed by atoms with van der Waals surface area (Å²) in [6.45, 7) is 9.65. The molecule has 0 bridgehead atoms. The van der Waals surface area contributed by atoms with Gasteiger partial charge in [-0.2, -0.15) is 5.10 Å². The molecule has 0 radical (unpaired) electrons. The molecule has 1 aromatic carbocycles. The maximum absolute atomic E-state index is 14.8. The van der Waals surface area contributed by atoms with Gasteiger partial charge in [-0.25, -0.2) is 18.7 Å². The summed E-state index contributed by atoms with van der Waals surface area (Å²) in [7, 11) is 0. The molecule has 3 heterocycles. The van der Waals surface area contributed by atoms with E-state index in [1.54, 1.807) is 23.1 Å². The van der Waals surface area contributed by atoms with Gasteiger partial charge in [0.2, 0.25) is 5.95 Å². The van der Waals surface area contributed by atoms with Crippen molar-refractivity contribution >= 4 is 17.3 Å². The number of hydrogen-bond donors (Lipinski definition) is 1. The molecule has 0 aliphatic carbocycles. The standard InChI is InChI=1S/C22H27F2N7/c1-3-7-31-15-16(13-26-31)21-19(24)14-25-22(28-21)27-20-6-5-17(12-18(20)23)30-10-8-29(4-2)9-11-30/h5-6,12-15H,3-4,7-11H2,1-2H3,(H,25,27,28). The van der Waals surface area contributed by atoms with E-state index in [1.807, 2.05) is 13.0 Å². The Kier molecular flexibility index (Phi) is 6.41. The zero-order chi connectivity index (χ0) is 21.8. The molecule has 1 N–H and O–H groups in total. The second-order valence-electron chi connectivity index (χ2n) is 7.59. The molecule has 9 heteroatoms. The predicted octanol–water partition coefficient (Wildman–Crippen LogP) is 3.91. The minimum absolute atomic E-state index is 0.128. The van der Waals surface area contributed by atoms with Crippen LogP contribution in [-0.4, -0.2) is 57.4 Å². The summed E-state index contributed by atoms with van der Waals surface area (Å²) in [5, 5.41) is 7.09. The van der Waals surface area contributed by atoms with Crippen LogP contribution in [-0.2, 0) is 6.54 Å². The molecule has 2 aromatic heterocycles. The molecule has 1 fully saturated rings. The smallest absolute Gasteiger partial charge is 0.228 e. The molecule has 0 unspecified atom stereocenters. The van der Waals surface area contributed by atoms with Gasteiger partial charge in [0.1, 0.15) is 11.5 Å². The molecule has 1 aliphatic rings.